The number of unbranched alkanes of at least 4 members (excludes halogenated alkanes) is 2. The number of hydrogen-bond donors (Lipinski definition) is 3. The van der Waals surface area contributed by atoms with Gasteiger partial charge < -0.3 is 16.2 Å². The minimum Gasteiger partial charge on any atom is -0.396 e. The maximum absolute atomic E-state index is 13.6. The Hall–Kier alpha value is -1.46. The molecule has 0 aliphatic heterocycles. The fourth-order valence-corrected chi connectivity index (χ4v) is 1.61. The molecule has 0 radical (unpaired) electrons. The highest BCUT2D eigenvalue weighted by atomic mass is 19.1. The maximum atomic E-state index is 13.6. The van der Waals surface area contributed by atoms with Crippen LogP contribution in [-0.4, -0.2) is 24.2 Å². The molecule has 1 aromatic rings. The van der Waals surface area contributed by atoms with Crippen LogP contribution in [0.4, 0.5) is 4.39 Å². The van der Waals surface area contributed by atoms with E-state index in [2.05, 4.69) is 5.32 Å². The third-order valence-corrected chi connectivity index (χ3v) is 2.66. The average Bonchev–Trinajstić information content (AvgIpc) is 2.35. The molecule has 0 aromatic heterocycles. The molecule has 1 amide bonds. The van der Waals surface area contributed by atoms with Crippen LogP contribution < -0.4 is 11.1 Å². The fraction of sp³-hybridized carbons (Fsp3) is 0.462. The largest absolute Gasteiger partial charge is 0.396 e. The van der Waals surface area contributed by atoms with Crippen molar-refractivity contribution < 1.29 is 14.3 Å². The number of amides is 1. The molecule has 4 N–H and O–H groups in total. The summed E-state index contributed by atoms with van der Waals surface area (Å²) in [6.45, 7) is 1.41. The van der Waals surface area contributed by atoms with E-state index in [-0.39, 0.29) is 12.2 Å². The van der Waals surface area contributed by atoms with Crippen LogP contribution in [0, 0.1) is 5.82 Å². The zero-order chi connectivity index (χ0) is 13.4. The molecule has 0 heterocycles. The Balaban J connectivity index is 2.36. The highest BCUT2D eigenvalue weighted by Crippen LogP contribution is 2.10. The molecule has 0 aliphatic carbocycles. The third kappa shape index (κ3) is 4.81. The van der Waals surface area contributed by atoms with Gasteiger partial charge in [0.05, 0.1) is 0 Å². The number of aliphatic hydroxyl groups is 1. The van der Waals surface area contributed by atoms with Crippen molar-refractivity contribution in [3.05, 3.63) is 35.1 Å². The van der Waals surface area contributed by atoms with Crippen LogP contribution in [0.25, 0.3) is 0 Å². The van der Waals surface area contributed by atoms with Crippen LogP contribution in [0.3, 0.4) is 0 Å². The van der Waals surface area contributed by atoms with E-state index >= 15 is 0 Å². The zero-order valence-electron chi connectivity index (χ0n) is 10.3. The Morgan fingerprint density at radius 1 is 1.33 bits per heavy atom. The number of carbonyl (C=O) groups is 1. The molecule has 100 valence electrons. The lowest BCUT2D eigenvalue weighted by Gasteiger charge is -2.06. The summed E-state index contributed by atoms with van der Waals surface area (Å²) in [6.07, 6.45) is 2.69. The Kier molecular flexibility index (Phi) is 6.32. The number of nitrogens with one attached hydrogen (secondary N) is 1. The predicted octanol–water partition coefficient (Wildman–Crippen LogP) is 1.18. The van der Waals surface area contributed by atoms with Crippen LogP contribution >= 0.6 is 0 Å². The highest BCUT2D eigenvalue weighted by molar-refractivity contribution is 5.92. The van der Waals surface area contributed by atoms with Crippen LogP contribution in [-0.2, 0) is 6.54 Å². The summed E-state index contributed by atoms with van der Waals surface area (Å²) in [5, 5.41) is 11.7. The molecule has 4 nitrogen and oxygen atoms in total. The summed E-state index contributed by atoms with van der Waals surface area (Å²) in [5.41, 5.74) is 5.75. The number of nitrogens with two attached hydrogens (primary N) is 1. The Morgan fingerprint density at radius 2 is 2.11 bits per heavy atom. The number of carbonyl (C=O) groups excluding carboxylic acids is 1. The van der Waals surface area contributed by atoms with E-state index in [1.165, 1.54) is 6.07 Å². The molecule has 0 saturated carbocycles. The average molecular weight is 254 g/mol. The van der Waals surface area contributed by atoms with E-state index in [9.17, 15) is 9.18 Å². The normalized spacial score (nSPS) is 10.6. The van der Waals surface area contributed by atoms with Gasteiger partial charge in [-0.1, -0.05) is 6.07 Å². The van der Waals surface area contributed by atoms with E-state index in [0.29, 0.717) is 12.1 Å². The van der Waals surface area contributed by atoms with Crippen molar-refractivity contribution in [1.29, 1.82) is 0 Å². The predicted molar refractivity (Wildman–Crippen MR) is 67.6 cm³/mol. The van der Waals surface area contributed by atoms with Crippen molar-refractivity contribution >= 4 is 5.91 Å². The van der Waals surface area contributed by atoms with Gasteiger partial charge in [0.25, 0.3) is 0 Å². The lowest BCUT2D eigenvalue weighted by molar-refractivity contribution is 0.1000. The summed E-state index contributed by atoms with van der Waals surface area (Å²) < 4.78 is 13.6. The molecule has 0 spiro atoms. The van der Waals surface area contributed by atoms with Gasteiger partial charge in [0.15, 0.2) is 0 Å². The molecule has 18 heavy (non-hydrogen) atoms. The minimum absolute atomic E-state index is 0.180. The number of primary amides is 1. The van der Waals surface area contributed by atoms with Gasteiger partial charge in [-0.3, -0.25) is 4.79 Å². The van der Waals surface area contributed by atoms with Crippen LogP contribution in [0.5, 0.6) is 0 Å². The summed E-state index contributed by atoms with van der Waals surface area (Å²) in [4.78, 5) is 10.8. The molecule has 1 aromatic carbocycles. The minimum atomic E-state index is -0.627. The van der Waals surface area contributed by atoms with E-state index in [1.54, 1.807) is 6.07 Å². The van der Waals surface area contributed by atoms with E-state index in [4.69, 9.17) is 10.8 Å². The van der Waals surface area contributed by atoms with Crippen molar-refractivity contribution in [1.82, 2.24) is 5.32 Å². The van der Waals surface area contributed by atoms with Crippen LogP contribution in [0.1, 0.15) is 35.2 Å². The first kappa shape index (κ1) is 14.6. The zero-order valence-corrected chi connectivity index (χ0v) is 10.3. The standard InChI is InChI=1S/C13H19FN2O2/c14-12-8-10(13(15)18)4-5-11(12)9-16-6-2-1-3-7-17/h4-5,8,16-17H,1-3,6-7,9H2,(H2,15,18). The third-order valence-electron chi connectivity index (χ3n) is 2.66. The first-order valence-electron chi connectivity index (χ1n) is 6.05. The fourth-order valence-electron chi connectivity index (χ4n) is 1.61. The number of aliphatic hydroxyl groups excluding tert-OH is 1. The Bertz CT molecular complexity index is 397. The second-order valence-electron chi connectivity index (χ2n) is 4.13. The molecule has 0 fully saturated rings. The second kappa shape index (κ2) is 7.79. The van der Waals surface area contributed by atoms with Crippen LogP contribution in [0.2, 0.25) is 0 Å². The molecular formula is C13H19FN2O2. The summed E-state index contributed by atoms with van der Waals surface area (Å²) in [7, 11) is 0. The van der Waals surface area contributed by atoms with E-state index in [1.807, 2.05) is 0 Å². The molecule has 0 bridgehead atoms. The van der Waals surface area contributed by atoms with Gasteiger partial charge in [-0.25, -0.2) is 4.39 Å². The van der Waals surface area contributed by atoms with Gasteiger partial charge in [0.1, 0.15) is 5.82 Å². The molecular weight excluding hydrogens is 235 g/mol. The number of benzene rings is 1. The van der Waals surface area contributed by atoms with Gasteiger partial charge in [-0.2, -0.15) is 0 Å². The first-order valence-corrected chi connectivity index (χ1v) is 6.05. The molecule has 0 saturated heterocycles. The highest BCUT2D eigenvalue weighted by Gasteiger charge is 2.06. The maximum Gasteiger partial charge on any atom is 0.248 e. The summed E-state index contributed by atoms with van der Waals surface area (Å²) in [6, 6.07) is 4.25. The van der Waals surface area contributed by atoms with Crippen molar-refractivity contribution in [2.75, 3.05) is 13.2 Å². The lowest BCUT2D eigenvalue weighted by atomic mass is 10.1. The Morgan fingerprint density at radius 3 is 2.72 bits per heavy atom. The number of halogens is 1. The summed E-state index contributed by atoms with van der Waals surface area (Å²) >= 11 is 0. The number of hydrogen-bond acceptors (Lipinski definition) is 3. The summed E-state index contributed by atoms with van der Waals surface area (Å²) in [5.74, 6) is -1.05. The van der Waals surface area contributed by atoms with Crippen molar-refractivity contribution in [3.8, 4) is 0 Å². The van der Waals surface area contributed by atoms with Gasteiger partial charge in [0, 0.05) is 24.3 Å². The van der Waals surface area contributed by atoms with E-state index < -0.39 is 11.7 Å². The molecule has 1 rings (SSSR count). The molecule has 5 heteroatoms. The number of rotatable bonds is 8. The topological polar surface area (TPSA) is 75.4 Å². The van der Waals surface area contributed by atoms with Gasteiger partial charge >= 0.3 is 0 Å². The van der Waals surface area contributed by atoms with Gasteiger partial charge in [-0.15, -0.1) is 0 Å². The monoisotopic (exact) mass is 254 g/mol. The Labute approximate surface area is 106 Å². The quantitative estimate of drug-likeness (QED) is 0.610. The second-order valence-corrected chi connectivity index (χ2v) is 4.13. The molecule has 0 unspecified atom stereocenters. The van der Waals surface area contributed by atoms with Crippen molar-refractivity contribution in [2.24, 2.45) is 5.73 Å². The molecule has 0 aliphatic rings. The lowest BCUT2D eigenvalue weighted by Crippen LogP contribution is -2.17. The van der Waals surface area contributed by atoms with Crippen molar-refractivity contribution in [3.63, 3.8) is 0 Å². The first-order chi connectivity index (χ1) is 8.65. The van der Waals surface area contributed by atoms with Crippen LogP contribution in [0.15, 0.2) is 18.2 Å². The van der Waals surface area contributed by atoms with E-state index in [0.717, 1.165) is 31.9 Å². The smallest absolute Gasteiger partial charge is 0.248 e. The van der Waals surface area contributed by atoms with Gasteiger partial charge in [-0.05, 0) is 37.9 Å². The SMILES string of the molecule is NC(=O)c1ccc(CNCCCCCO)c(F)c1. The van der Waals surface area contributed by atoms with Gasteiger partial charge in [0.2, 0.25) is 5.91 Å². The molecule has 0 atom stereocenters. The van der Waals surface area contributed by atoms with Crippen molar-refractivity contribution in [2.45, 2.75) is 25.8 Å².